The summed E-state index contributed by atoms with van der Waals surface area (Å²) >= 11 is 5.92. The molecule has 1 saturated carbocycles. The van der Waals surface area contributed by atoms with E-state index in [4.69, 9.17) is 16.6 Å². The second kappa shape index (κ2) is 7.40. The van der Waals surface area contributed by atoms with Gasteiger partial charge in [-0.05, 0) is 36.1 Å². The standard InChI is InChI=1S/C24H22ClN3O2/c25-18-8-6-16(7-9-18)14-21(29)28-13-10-20-19(15-28)22(30)27-23(26-20)24(11-12-24)17-4-2-1-3-5-17/h1-9H,10-15H2,(H,26,27,30). The van der Waals surface area contributed by atoms with Crippen molar-refractivity contribution in [3.05, 3.63) is 98.2 Å². The minimum absolute atomic E-state index is 0.00870. The number of amides is 1. The number of nitrogens with one attached hydrogen (secondary N) is 1. The molecular weight excluding hydrogens is 398 g/mol. The summed E-state index contributed by atoms with van der Waals surface area (Å²) in [7, 11) is 0. The van der Waals surface area contributed by atoms with E-state index in [2.05, 4.69) is 17.1 Å². The average molecular weight is 420 g/mol. The first-order valence-electron chi connectivity index (χ1n) is 10.3. The van der Waals surface area contributed by atoms with Gasteiger partial charge < -0.3 is 9.88 Å². The van der Waals surface area contributed by atoms with E-state index in [1.165, 1.54) is 5.56 Å². The number of benzene rings is 2. The second-order valence-corrected chi connectivity index (χ2v) is 8.59. The van der Waals surface area contributed by atoms with Crippen LogP contribution in [0.4, 0.5) is 0 Å². The summed E-state index contributed by atoms with van der Waals surface area (Å²) in [4.78, 5) is 35.3. The van der Waals surface area contributed by atoms with Crippen LogP contribution in [0.25, 0.3) is 0 Å². The van der Waals surface area contributed by atoms with Crippen molar-refractivity contribution in [2.24, 2.45) is 0 Å². The van der Waals surface area contributed by atoms with E-state index >= 15 is 0 Å². The summed E-state index contributed by atoms with van der Waals surface area (Å²) in [6.45, 7) is 0.885. The van der Waals surface area contributed by atoms with Gasteiger partial charge in [-0.3, -0.25) is 9.59 Å². The van der Waals surface area contributed by atoms with Crippen molar-refractivity contribution in [2.45, 2.75) is 37.6 Å². The molecule has 2 aliphatic rings. The zero-order chi connectivity index (χ0) is 20.7. The number of aromatic amines is 1. The zero-order valence-corrected chi connectivity index (χ0v) is 17.3. The topological polar surface area (TPSA) is 66.1 Å². The SMILES string of the molecule is O=C(Cc1ccc(Cl)cc1)N1CCc2nc(C3(c4ccccc4)CC3)[nH]c(=O)c2C1. The molecule has 30 heavy (non-hydrogen) atoms. The van der Waals surface area contributed by atoms with Gasteiger partial charge in [0.25, 0.3) is 5.56 Å². The lowest BCUT2D eigenvalue weighted by molar-refractivity contribution is -0.131. The Balaban J connectivity index is 1.37. The maximum absolute atomic E-state index is 12.9. The molecule has 0 unspecified atom stereocenters. The van der Waals surface area contributed by atoms with Gasteiger partial charge in [-0.1, -0.05) is 54.1 Å². The molecule has 5 rings (SSSR count). The molecule has 1 aliphatic carbocycles. The second-order valence-electron chi connectivity index (χ2n) is 8.16. The highest BCUT2D eigenvalue weighted by Gasteiger charge is 2.48. The Morgan fingerprint density at radius 1 is 1.10 bits per heavy atom. The molecule has 1 aliphatic heterocycles. The van der Waals surface area contributed by atoms with Crippen LogP contribution in [0.5, 0.6) is 0 Å². The van der Waals surface area contributed by atoms with E-state index in [0.29, 0.717) is 36.5 Å². The summed E-state index contributed by atoms with van der Waals surface area (Å²) in [5, 5.41) is 0.649. The van der Waals surface area contributed by atoms with Crippen LogP contribution in [0.3, 0.4) is 0 Å². The van der Waals surface area contributed by atoms with E-state index in [9.17, 15) is 9.59 Å². The van der Waals surface area contributed by atoms with E-state index in [1.807, 2.05) is 30.3 Å². The summed E-state index contributed by atoms with van der Waals surface area (Å²) in [5.74, 6) is 0.771. The van der Waals surface area contributed by atoms with Crippen LogP contribution < -0.4 is 5.56 Å². The molecule has 152 valence electrons. The smallest absolute Gasteiger partial charge is 0.256 e. The number of carbonyl (C=O) groups is 1. The predicted octanol–water partition coefficient (Wildman–Crippen LogP) is 3.63. The van der Waals surface area contributed by atoms with Crippen molar-refractivity contribution in [3.63, 3.8) is 0 Å². The van der Waals surface area contributed by atoms with Gasteiger partial charge in [0.15, 0.2) is 0 Å². The number of aromatic nitrogens is 2. The minimum Gasteiger partial charge on any atom is -0.337 e. The molecule has 0 saturated heterocycles. The van der Waals surface area contributed by atoms with Crippen molar-refractivity contribution < 1.29 is 4.79 Å². The Bertz CT molecular complexity index is 1150. The highest BCUT2D eigenvalue weighted by atomic mass is 35.5. The summed E-state index contributed by atoms with van der Waals surface area (Å²) in [6.07, 6.45) is 2.88. The molecule has 5 nitrogen and oxygen atoms in total. The van der Waals surface area contributed by atoms with Gasteiger partial charge in [-0.25, -0.2) is 4.98 Å². The molecule has 1 N–H and O–H groups in total. The molecule has 0 bridgehead atoms. The molecule has 0 spiro atoms. The lowest BCUT2D eigenvalue weighted by atomic mass is 9.94. The number of halogens is 1. The number of hydrogen-bond acceptors (Lipinski definition) is 3. The molecule has 3 aromatic rings. The van der Waals surface area contributed by atoms with Crippen molar-refractivity contribution in [1.29, 1.82) is 0 Å². The van der Waals surface area contributed by atoms with E-state index in [0.717, 1.165) is 29.9 Å². The third-order valence-electron chi connectivity index (χ3n) is 6.22. The van der Waals surface area contributed by atoms with Gasteiger partial charge >= 0.3 is 0 Å². The normalized spacial score (nSPS) is 16.8. The van der Waals surface area contributed by atoms with E-state index in [1.54, 1.807) is 17.0 Å². The first-order valence-corrected chi connectivity index (χ1v) is 10.6. The van der Waals surface area contributed by atoms with Crippen LogP contribution in [0.15, 0.2) is 59.4 Å². The largest absolute Gasteiger partial charge is 0.337 e. The summed E-state index contributed by atoms with van der Waals surface area (Å²) in [6, 6.07) is 17.5. The molecule has 1 aromatic heterocycles. The average Bonchev–Trinajstić information content (AvgIpc) is 3.58. The number of nitrogens with zero attached hydrogens (tertiary/aromatic N) is 2. The van der Waals surface area contributed by atoms with Gasteiger partial charge in [0.1, 0.15) is 5.82 Å². The van der Waals surface area contributed by atoms with Crippen LogP contribution in [-0.4, -0.2) is 27.3 Å². The first kappa shape index (κ1) is 19.1. The first-order chi connectivity index (χ1) is 14.5. The van der Waals surface area contributed by atoms with E-state index in [-0.39, 0.29) is 16.9 Å². The predicted molar refractivity (Wildman–Crippen MR) is 116 cm³/mol. The number of rotatable bonds is 4. The van der Waals surface area contributed by atoms with Crippen molar-refractivity contribution >= 4 is 17.5 Å². The Morgan fingerprint density at radius 3 is 2.53 bits per heavy atom. The fourth-order valence-electron chi connectivity index (χ4n) is 4.30. The van der Waals surface area contributed by atoms with Gasteiger partial charge in [0.05, 0.1) is 29.6 Å². The zero-order valence-electron chi connectivity index (χ0n) is 16.5. The number of fused-ring (bicyclic) bond motifs is 1. The summed E-state index contributed by atoms with van der Waals surface area (Å²) in [5.41, 5.74) is 3.25. The fourth-order valence-corrected chi connectivity index (χ4v) is 4.42. The van der Waals surface area contributed by atoms with Crippen LogP contribution >= 0.6 is 11.6 Å². The highest BCUT2D eigenvalue weighted by Crippen LogP contribution is 2.51. The third-order valence-corrected chi connectivity index (χ3v) is 6.47. The lowest BCUT2D eigenvalue weighted by Crippen LogP contribution is -2.41. The van der Waals surface area contributed by atoms with Crippen molar-refractivity contribution in [1.82, 2.24) is 14.9 Å². The molecule has 6 heteroatoms. The lowest BCUT2D eigenvalue weighted by Gasteiger charge is -2.28. The Morgan fingerprint density at radius 2 is 1.83 bits per heavy atom. The van der Waals surface area contributed by atoms with Gasteiger partial charge in [0, 0.05) is 18.0 Å². The van der Waals surface area contributed by atoms with Gasteiger partial charge in [-0.2, -0.15) is 0 Å². The third kappa shape index (κ3) is 3.43. The number of carbonyl (C=O) groups excluding carboxylic acids is 1. The van der Waals surface area contributed by atoms with Crippen molar-refractivity contribution in [2.75, 3.05) is 6.54 Å². The van der Waals surface area contributed by atoms with E-state index < -0.39 is 0 Å². The maximum atomic E-state index is 12.9. The van der Waals surface area contributed by atoms with Crippen LogP contribution in [0.2, 0.25) is 5.02 Å². The van der Waals surface area contributed by atoms with Crippen LogP contribution in [0, 0.1) is 0 Å². The van der Waals surface area contributed by atoms with Crippen LogP contribution in [0.1, 0.15) is 41.1 Å². The Labute approximate surface area is 179 Å². The number of H-pyrrole nitrogens is 1. The fraction of sp³-hybridized carbons (Fsp3) is 0.292. The van der Waals surface area contributed by atoms with Gasteiger partial charge in [-0.15, -0.1) is 0 Å². The highest BCUT2D eigenvalue weighted by molar-refractivity contribution is 6.30. The molecule has 2 heterocycles. The molecule has 0 atom stereocenters. The molecule has 0 radical (unpaired) electrons. The van der Waals surface area contributed by atoms with Gasteiger partial charge in [0.2, 0.25) is 5.91 Å². The quantitative estimate of drug-likeness (QED) is 0.702. The Kier molecular flexibility index (Phi) is 4.70. The molecular formula is C24H22ClN3O2. The summed E-state index contributed by atoms with van der Waals surface area (Å²) < 4.78 is 0. The minimum atomic E-state index is -0.170. The van der Waals surface area contributed by atoms with Crippen molar-refractivity contribution in [3.8, 4) is 0 Å². The molecule has 1 fully saturated rings. The maximum Gasteiger partial charge on any atom is 0.256 e. The molecule has 1 amide bonds. The molecule has 2 aromatic carbocycles. The van der Waals surface area contributed by atoms with Crippen LogP contribution in [-0.2, 0) is 29.6 Å². The monoisotopic (exact) mass is 419 g/mol. The number of hydrogen-bond donors (Lipinski definition) is 1. The Hall–Kier alpha value is -2.92.